The molecular weight excluding hydrogens is 298 g/mol. The fourth-order valence-electron chi connectivity index (χ4n) is 3.22. The first-order valence-electron chi connectivity index (χ1n) is 7.57. The van der Waals surface area contributed by atoms with Gasteiger partial charge in [0.2, 0.25) is 0 Å². The monoisotopic (exact) mass is 315 g/mol. The van der Waals surface area contributed by atoms with Crippen LogP contribution in [0.2, 0.25) is 0 Å². The maximum absolute atomic E-state index is 12.6. The Morgan fingerprint density at radius 3 is 2.74 bits per heavy atom. The maximum Gasteiger partial charge on any atom is 0.252 e. The number of benzene rings is 2. The van der Waals surface area contributed by atoms with E-state index < -0.39 is 30.6 Å². The highest BCUT2D eigenvalue weighted by Gasteiger charge is 2.50. The summed E-state index contributed by atoms with van der Waals surface area (Å²) < 4.78 is 10.6. The van der Waals surface area contributed by atoms with Gasteiger partial charge in [-0.05, 0) is 16.8 Å². The molecule has 120 valence electrons. The predicted molar refractivity (Wildman–Crippen MR) is 81.8 cm³/mol. The van der Waals surface area contributed by atoms with Crippen LogP contribution in [0.4, 0.5) is 0 Å². The summed E-state index contributed by atoms with van der Waals surface area (Å²) >= 11 is 0. The van der Waals surface area contributed by atoms with Crippen molar-refractivity contribution in [3.8, 4) is 0 Å². The molecule has 6 nitrogen and oxygen atoms in total. The number of aliphatic hydroxyl groups excluding tert-OH is 2. The third-order valence-corrected chi connectivity index (χ3v) is 4.46. The number of ether oxygens (including phenoxy) is 2. The van der Waals surface area contributed by atoms with E-state index >= 15 is 0 Å². The molecule has 3 N–H and O–H groups in total. The SMILES string of the molecule is O=C(N[C@@H]1[C@@H](O)[C@H]2OC[C@@H](O2)[C@H]1O)c1cccc2ccccc12. The van der Waals surface area contributed by atoms with Crippen molar-refractivity contribution in [2.24, 2.45) is 0 Å². The smallest absolute Gasteiger partial charge is 0.252 e. The molecule has 0 spiro atoms. The standard InChI is InChI=1S/C17H17NO5/c19-14-12-8-22-17(23-12)15(20)13(14)18-16(21)11-7-3-5-9-4-1-2-6-10(9)11/h1-7,12-15,17,19-20H,8H2,(H,18,21)/t12-,13+,14-,15-,17+/m1/s1. The van der Waals surface area contributed by atoms with Gasteiger partial charge in [-0.1, -0.05) is 36.4 Å². The minimum atomic E-state index is -1.11. The number of hydrogen-bond donors (Lipinski definition) is 3. The highest BCUT2D eigenvalue weighted by Crippen LogP contribution is 2.28. The lowest BCUT2D eigenvalue weighted by molar-refractivity contribution is -0.193. The Bertz CT molecular complexity index is 727. The summed E-state index contributed by atoms with van der Waals surface area (Å²) in [5, 5.41) is 25.0. The van der Waals surface area contributed by atoms with Gasteiger partial charge in [-0.15, -0.1) is 0 Å². The van der Waals surface area contributed by atoms with Gasteiger partial charge in [0.25, 0.3) is 5.91 Å². The average molecular weight is 315 g/mol. The third-order valence-electron chi connectivity index (χ3n) is 4.46. The predicted octanol–water partition coefficient (Wildman–Crippen LogP) is 0.415. The van der Waals surface area contributed by atoms with E-state index in [0.717, 1.165) is 10.8 Å². The van der Waals surface area contributed by atoms with E-state index in [0.29, 0.717) is 5.56 Å². The third kappa shape index (κ3) is 2.40. The van der Waals surface area contributed by atoms with Gasteiger partial charge in [-0.2, -0.15) is 0 Å². The van der Waals surface area contributed by atoms with Crippen molar-refractivity contribution in [3.63, 3.8) is 0 Å². The zero-order chi connectivity index (χ0) is 16.0. The van der Waals surface area contributed by atoms with E-state index in [-0.39, 0.29) is 12.5 Å². The number of amides is 1. The maximum atomic E-state index is 12.6. The molecule has 2 bridgehead atoms. The van der Waals surface area contributed by atoms with Crippen molar-refractivity contribution in [2.75, 3.05) is 6.61 Å². The molecule has 4 rings (SSSR count). The molecule has 2 aromatic carbocycles. The molecule has 0 unspecified atom stereocenters. The van der Waals surface area contributed by atoms with Crippen LogP contribution in [0.25, 0.3) is 10.8 Å². The molecule has 23 heavy (non-hydrogen) atoms. The summed E-state index contributed by atoms with van der Waals surface area (Å²) in [6, 6.07) is 12.2. The molecule has 0 aromatic heterocycles. The Labute approximate surface area is 132 Å². The van der Waals surface area contributed by atoms with Crippen LogP contribution in [-0.4, -0.2) is 53.4 Å². The molecule has 2 aliphatic heterocycles. The Balaban J connectivity index is 1.62. The van der Waals surface area contributed by atoms with E-state index in [1.165, 1.54) is 0 Å². The second-order valence-electron chi connectivity index (χ2n) is 5.88. The highest BCUT2D eigenvalue weighted by molar-refractivity contribution is 6.07. The first-order valence-corrected chi connectivity index (χ1v) is 7.57. The van der Waals surface area contributed by atoms with Crippen LogP contribution in [0, 0.1) is 0 Å². The minimum absolute atomic E-state index is 0.212. The second kappa shape index (κ2) is 5.58. The zero-order valence-electron chi connectivity index (χ0n) is 12.3. The van der Waals surface area contributed by atoms with Crippen molar-refractivity contribution in [3.05, 3.63) is 48.0 Å². The average Bonchev–Trinajstić information content (AvgIpc) is 3.03. The van der Waals surface area contributed by atoms with E-state index in [2.05, 4.69) is 5.32 Å². The lowest BCUT2D eigenvalue weighted by atomic mass is 9.97. The fourth-order valence-corrected chi connectivity index (χ4v) is 3.22. The van der Waals surface area contributed by atoms with E-state index in [4.69, 9.17) is 9.47 Å². The second-order valence-corrected chi connectivity index (χ2v) is 5.88. The molecule has 2 fully saturated rings. The number of carbonyl (C=O) groups excluding carboxylic acids is 1. The Hall–Kier alpha value is -1.99. The van der Waals surface area contributed by atoms with Crippen molar-refractivity contribution < 1.29 is 24.5 Å². The van der Waals surface area contributed by atoms with Gasteiger partial charge in [0, 0.05) is 5.56 Å². The van der Waals surface area contributed by atoms with Gasteiger partial charge in [-0.3, -0.25) is 4.79 Å². The zero-order valence-corrected chi connectivity index (χ0v) is 12.3. The molecule has 0 saturated carbocycles. The number of hydrogen-bond acceptors (Lipinski definition) is 5. The van der Waals surface area contributed by atoms with Gasteiger partial charge in [0.15, 0.2) is 6.29 Å². The first-order chi connectivity index (χ1) is 11.1. The molecule has 1 amide bonds. The minimum Gasteiger partial charge on any atom is -0.388 e. The summed E-state index contributed by atoms with van der Waals surface area (Å²) in [5.41, 5.74) is 0.502. The molecule has 6 heteroatoms. The highest BCUT2D eigenvalue weighted by atomic mass is 16.7. The topological polar surface area (TPSA) is 88.0 Å². The Kier molecular flexibility index (Phi) is 3.54. The number of nitrogens with one attached hydrogen (secondary N) is 1. The van der Waals surface area contributed by atoms with Crippen LogP contribution in [0.3, 0.4) is 0 Å². The molecule has 5 atom stereocenters. The van der Waals surface area contributed by atoms with Gasteiger partial charge in [0.05, 0.1) is 12.6 Å². The number of aliphatic hydroxyl groups is 2. The molecule has 2 saturated heterocycles. The van der Waals surface area contributed by atoms with Gasteiger partial charge >= 0.3 is 0 Å². The number of carbonyl (C=O) groups is 1. The van der Waals surface area contributed by atoms with Crippen LogP contribution in [0.5, 0.6) is 0 Å². The normalized spacial score (nSPS) is 32.9. The van der Waals surface area contributed by atoms with Crippen LogP contribution in [0.1, 0.15) is 10.4 Å². The summed E-state index contributed by atoms with van der Waals surface area (Å²) in [6.45, 7) is 0.212. The summed E-state index contributed by atoms with van der Waals surface area (Å²) in [4.78, 5) is 12.6. The summed E-state index contributed by atoms with van der Waals surface area (Å²) in [5.74, 6) is -0.341. The van der Waals surface area contributed by atoms with Crippen LogP contribution in [-0.2, 0) is 9.47 Å². The van der Waals surface area contributed by atoms with Crippen molar-refractivity contribution in [2.45, 2.75) is 30.6 Å². The quantitative estimate of drug-likeness (QED) is 0.747. The van der Waals surface area contributed by atoms with Crippen molar-refractivity contribution in [1.82, 2.24) is 5.32 Å². The van der Waals surface area contributed by atoms with Gasteiger partial charge in [-0.25, -0.2) is 0 Å². The van der Waals surface area contributed by atoms with Crippen molar-refractivity contribution in [1.29, 1.82) is 0 Å². The van der Waals surface area contributed by atoms with Crippen molar-refractivity contribution >= 4 is 16.7 Å². The van der Waals surface area contributed by atoms with Gasteiger partial charge in [0.1, 0.15) is 18.3 Å². The van der Waals surface area contributed by atoms with Crippen LogP contribution >= 0.6 is 0 Å². The first kappa shape index (κ1) is 14.6. The van der Waals surface area contributed by atoms with Crippen LogP contribution < -0.4 is 5.32 Å². The van der Waals surface area contributed by atoms with Gasteiger partial charge < -0.3 is 25.0 Å². The van der Waals surface area contributed by atoms with E-state index in [1.54, 1.807) is 12.1 Å². The number of rotatable bonds is 2. The van der Waals surface area contributed by atoms with Crippen LogP contribution in [0.15, 0.2) is 42.5 Å². The van der Waals surface area contributed by atoms with E-state index in [1.807, 2.05) is 30.3 Å². The fraction of sp³-hybridized carbons (Fsp3) is 0.353. The largest absolute Gasteiger partial charge is 0.388 e. The Morgan fingerprint density at radius 2 is 1.87 bits per heavy atom. The molecule has 0 aliphatic carbocycles. The lowest BCUT2D eigenvalue weighted by Gasteiger charge is -2.36. The molecule has 2 aromatic rings. The molecular formula is C17H17NO5. The summed E-state index contributed by atoms with van der Waals surface area (Å²) in [7, 11) is 0. The molecule has 2 aliphatic rings. The lowest BCUT2D eigenvalue weighted by Crippen LogP contribution is -2.61. The Morgan fingerprint density at radius 1 is 1.09 bits per heavy atom. The molecule has 2 heterocycles. The van der Waals surface area contributed by atoms with E-state index in [9.17, 15) is 15.0 Å². The number of fused-ring (bicyclic) bond motifs is 3. The molecule has 0 radical (unpaired) electrons. The summed E-state index contributed by atoms with van der Waals surface area (Å²) in [6.07, 6.45) is -3.45.